The van der Waals surface area contributed by atoms with Gasteiger partial charge in [-0.3, -0.25) is 4.79 Å². The molecule has 2 aromatic rings. The Labute approximate surface area is 129 Å². The maximum Gasteiger partial charge on any atom is 0.262 e. The monoisotopic (exact) mass is 302 g/mol. The van der Waals surface area contributed by atoms with E-state index in [2.05, 4.69) is 10.3 Å². The van der Waals surface area contributed by atoms with Gasteiger partial charge in [0.15, 0.2) is 6.61 Å². The van der Waals surface area contributed by atoms with Gasteiger partial charge >= 0.3 is 0 Å². The van der Waals surface area contributed by atoms with Crippen LogP contribution in [0, 0.1) is 5.95 Å². The fourth-order valence-electron chi connectivity index (χ4n) is 2.18. The van der Waals surface area contributed by atoms with E-state index >= 15 is 0 Å². The number of para-hydroxylation sites is 1. The molecule has 1 aromatic carbocycles. The van der Waals surface area contributed by atoms with Crippen LogP contribution in [0.25, 0.3) is 0 Å². The van der Waals surface area contributed by atoms with Crippen molar-refractivity contribution < 1.29 is 13.9 Å². The fourth-order valence-corrected chi connectivity index (χ4v) is 2.18. The van der Waals surface area contributed by atoms with Crippen molar-refractivity contribution >= 4 is 11.6 Å². The Balaban J connectivity index is 2.01. The first kappa shape index (κ1) is 15.9. The Hall–Kier alpha value is -2.43. The number of carbonyl (C=O) groups is 1. The minimum atomic E-state index is -0.582. The number of hydrogen-bond donors (Lipinski definition) is 1. The van der Waals surface area contributed by atoms with Crippen molar-refractivity contribution in [2.75, 3.05) is 11.9 Å². The van der Waals surface area contributed by atoms with Crippen LogP contribution in [-0.4, -0.2) is 17.5 Å². The van der Waals surface area contributed by atoms with Gasteiger partial charge in [-0.1, -0.05) is 32.0 Å². The summed E-state index contributed by atoms with van der Waals surface area (Å²) in [5, 5.41) is 2.90. The van der Waals surface area contributed by atoms with Crippen LogP contribution in [0.3, 0.4) is 0 Å². The molecule has 2 rings (SSSR count). The quantitative estimate of drug-likeness (QED) is 0.832. The van der Waals surface area contributed by atoms with Crippen molar-refractivity contribution in [3.05, 3.63) is 53.6 Å². The molecule has 0 saturated heterocycles. The van der Waals surface area contributed by atoms with Crippen LogP contribution in [-0.2, 0) is 17.6 Å². The smallest absolute Gasteiger partial charge is 0.262 e. The Morgan fingerprint density at radius 3 is 2.41 bits per heavy atom. The molecule has 0 fully saturated rings. The summed E-state index contributed by atoms with van der Waals surface area (Å²) in [7, 11) is 0. The van der Waals surface area contributed by atoms with Gasteiger partial charge < -0.3 is 10.1 Å². The standard InChI is InChI=1S/C17H19FN2O2/c1-3-12-6-5-7-13(4-2)17(12)20-16(21)11-22-14-8-9-15(18)19-10-14/h5-10H,3-4,11H2,1-2H3,(H,20,21). The predicted octanol–water partition coefficient (Wildman–Crippen LogP) is 3.36. The van der Waals surface area contributed by atoms with E-state index in [1.54, 1.807) is 0 Å². The first-order chi connectivity index (χ1) is 10.6. The lowest BCUT2D eigenvalue weighted by atomic mass is 10.0. The first-order valence-electron chi connectivity index (χ1n) is 7.29. The highest BCUT2D eigenvalue weighted by molar-refractivity contribution is 5.93. The van der Waals surface area contributed by atoms with E-state index in [0.29, 0.717) is 5.75 Å². The Morgan fingerprint density at radius 2 is 1.86 bits per heavy atom. The van der Waals surface area contributed by atoms with Gasteiger partial charge in [-0.25, -0.2) is 4.98 Å². The summed E-state index contributed by atoms with van der Waals surface area (Å²) < 4.78 is 18.0. The van der Waals surface area contributed by atoms with Gasteiger partial charge in [0.05, 0.1) is 6.20 Å². The molecular weight excluding hydrogens is 283 g/mol. The average molecular weight is 302 g/mol. The maximum atomic E-state index is 12.7. The number of nitrogens with one attached hydrogen (secondary N) is 1. The van der Waals surface area contributed by atoms with Crippen LogP contribution in [0.1, 0.15) is 25.0 Å². The third kappa shape index (κ3) is 4.04. The van der Waals surface area contributed by atoms with E-state index in [4.69, 9.17) is 4.74 Å². The molecule has 22 heavy (non-hydrogen) atoms. The summed E-state index contributed by atoms with van der Waals surface area (Å²) in [4.78, 5) is 15.5. The van der Waals surface area contributed by atoms with E-state index in [1.807, 2.05) is 32.0 Å². The average Bonchev–Trinajstić information content (AvgIpc) is 2.54. The van der Waals surface area contributed by atoms with Gasteiger partial charge in [0.2, 0.25) is 5.95 Å². The molecule has 0 saturated carbocycles. The molecule has 0 aliphatic carbocycles. The molecule has 1 amide bonds. The van der Waals surface area contributed by atoms with Gasteiger partial charge in [-0.15, -0.1) is 0 Å². The van der Waals surface area contributed by atoms with Gasteiger partial charge in [0.25, 0.3) is 5.91 Å². The normalized spacial score (nSPS) is 10.3. The van der Waals surface area contributed by atoms with Crippen LogP contribution in [0.2, 0.25) is 0 Å². The number of anilines is 1. The summed E-state index contributed by atoms with van der Waals surface area (Å²) in [6, 6.07) is 8.62. The number of pyridine rings is 1. The van der Waals surface area contributed by atoms with E-state index in [9.17, 15) is 9.18 Å². The van der Waals surface area contributed by atoms with Crippen molar-refractivity contribution in [1.29, 1.82) is 0 Å². The highest BCUT2D eigenvalue weighted by atomic mass is 19.1. The zero-order valence-corrected chi connectivity index (χ0v) is 12.7. The molecule has 1 heterocycles. The number of benzene rings is 1. The predicted molar refractivity (Wildman–Crippen MR) is 83.5 cm³/mol. The zero-order chi connectivity index (χ0) is 15.9. The Kier molecular flexibility index (Phi) is 5.47. The van der Waals surface area contributed by atoms with Crippen LogP contribution >= 0.6 is 0 Å². The third-order valence-corrected chi connectivity index (χ3v) is 3.33. The number of amides is 1. The molecule has 0 bridgehead atoms. The lowest BCUT2D eigenvalue weighted by Gasteiger charge is -2.14. The summed E-state index contributed by atoms with van der Waals surface area (Å²) in [5.74, 6) is -0.475. The number of aromatic nitrogens is 1. The second-order valence-corrected chi connectivity index (χ2v) is 4.81. The van der Waals surface area contributed by atoms with Gasteiger partial charge in [0.1, 0.15) is 5.75 Å². The van der Waals surface area contributed by atoms with E-state index in [-0.39, 0.29) is 12.5 Å². The molecule has 1 N–H and O–H groups in total. The van der Waals surface area contributed by atoms with E-state index in [1.165, 1.54) is 18.3 Å². The highest BCUT2D eigenvalue weighted by Gasteiger charge is 2.10. The largest absolute Gasteiger partial charge is 0.482 e. The second kappa shape index (κ2) is 7.54. The Morgan fingerprint density at radius 1 is 1.18 bits per heavy atom. The summed E-state index contributed by atoms with van der Waals surface area (Å²) in [6.07, 6.45) is 2.93. The van der Waals surface area contributed by atoms with Crippen molar-refractivity contribution in [3.8, 4) is 5.75 Å². The molecule has 0 aliphatic rings. The molecule has 1 aromatic heterocycles. The van der Waals surface area contributed by atoms with Crippen molar-refractivity contribution in [2.45, 2.75) is 26.7 Å². The molecule has 0 radical (unpaired) electrons. The number of halogens is 1. The minimum Gasteiger partial charge on any atom is -0.482 e. The van der Waals surface area contributed by atoms with Gasteiger partial charge in [-0.2, -0.15) is 4.39 Å². The lowest BCUT2D eigenvalue weighted by molar-refractivity contribution is -0.118. The van der Waals surface area contributed by atoms with Crippen molar-refractivity contribution in [3.63, 3.8) is 0 Å². The zero-order valence-electron chi connectivity index (χ0n) is 12.7. The number of ether oxygens (including phenoxy) is 1. The fraction of sp³-hybridized carbons (Fsp3) is 0.294. The number of nitrogens with zero attached hydrogens (tertiary/aromatic N) is 1. The molecule has 116 valence electrons. The number of hydrogen-bond acceptors (Lipinski definition) is 3. The van der Waals surface area contributed by atoms with E-state index < -0.39 is 5.95 Å². The summed E-state index contributed by atoms with van der Waals surface area (Å²) in [6.45, 7) is 3.95. The molecular formula is C17H19FN2O2. The summed E-state index contributed by atoms with van der Waals surface area (Å²) >= 11 is 0. The number of carbonyl (C=O) groups excluding carboxylic acids is 1. The van der Waals surface area contributed by atoms with Crippen molar-refractivity contribution in [2.24, 2.45) is 0 Å². The topological polar surface area (TPSA) is 51.2 Å². The molecule has 0 atom stereocenters. The second-order valence-electron chi connectivity index (χ2n) is 4.81. The van der Waals surface area contributed by atoms with E-state index in [0.717, 1.165) is 29.7 Å². The van der Waals surface area contributed by atoms with Crippen LogP contribution in [0.15, 0.2) is 36.5 Å². The highest BCUT2D eigenvalue weighted by Crippen LogP contribution is 2.22. The van der Waals surface area contributed by atoms with Crippen LogP contribution < -0.4 is 10.1 Å². The molecule has 4 nitrogen and oxygen atoms in total. The minimum absolute atomic E-state index is 0.144. The molecule has 0 spiro atoms. The summed E-state index contributed by atoms with van der Waals surface area (Å²) in [5.41, 5.74) is 3.05. The number of aryl methyl sites for hydroxylation is 2. The van der Waals surface area contributed by atoms with Crippen LogP contribution in [0.5, 0.6) is 5.75 Å². The number of rotatable bonds is 6. The third-order valence-electron chi connectivity index (χ3n) is 3.33. The SMILES string of the molecule is CCc1cccc(CC)c1NC(=O)COc1ccc(F)nc1. The molecule has 5 heteroatoms. The molecule has 0 unspecified atom stereocenters. The Bertz CT molecular complexity index is 619. The van der Waals surface area contributed by atoms with Gasteiger partial charge in [0, 0.05) is 5.69 Å². The maximum absolute atomic E-state index is 12.7. The lowest BCUT2D eigenvalue weighted by Crippen LogP contribution is -2.21. The van der Waals surface area contributed by atoms with Gasteiger partial charge in [-0.05, 0) is 36.1 Å². The van der Waals surface area contributed by atoms with Crippen molar-refractivity contribution in [1.82, 2.24) is 4.98 Å². The first-order valence-corrected chi connectivity index (χ1v) is 7.29. The molecule has 0 aliphatic heterocycles. The van der Waals surface area contributed by atoms with Crippen LogP contribution in [0.4, 0.5) is 10.1 Å².